The molecule has 4 nitrogen and oxygen atoms in total. The van der Waals surface area contributed by atoms with Gasteiger partial charge in [-0.3, -0.25) is 4.98 Å². The average molecular weight is 456 g/mol. The zero-order valence-corrected chi connectivity index (χ0v) is 17.6. The molecule has 0 unspecified atom stereocenters. The van der Waals surface area contributed by atoms with Crippen LogP contribution in [0.3, 0.4) is 0 Å². The molecule has 5 heteroatoms. The molecule has 3 heterocycles. The second kappa shape index (κ2) is 6.97. The molecule has 0 saturated carbocycles. The van der Waals surface area contributed by atoms with Crippen LogP contribution < -0.4 is 10.2 Å². The molecule has 2 atom stereocenters. The lowest BCUT2D eigenvalue weighted by Crippen LogP contribution is -2.43. The molecule has 30 heavy (non-hydrogen) atoms. The molecule has 0 aliphatic carbocycles. The molecule has 0 radical (unpaired) electrons. The number of fused-ring (bicyclic) bond motifs is 4. The number of hydrazine groups is 1. The molecule has 0 amide bonds. The first-order chi connectivity index (χ1) is 14.8. The summed E-state index contributed by atoms with van der Waals surface area (Å²) in [5.74, 6) is 0.902. The number of pyridine rings is 1. The van der Waals surface area contributed by atoms with E-state index in [9.17, 15) is 0 Å². The van der Waals surface area contributed by atoms with Gasteiger partial charge in [0.1, 0.15) is 5.75 Å². The molecule has 4 aromatic rings. The third-order valence-corrected chi connectivity index (χ3v) is 6.20. The predicted octanol–water partition coefficient (Wildman–Crippen LogP) is 5.99. The summed E-state index contributed by atoms with van der Waals surface area (Å²) in [7, 11) is 0. The molecule has 2 aliphatic rings. The standard InChI is InChI=1S/C25H18BrN3O/c26-20-7-8-24-21(14-20)23-15-22(19-6-5-16-3-1-2-4-18(16)13-19)28-29(23)25(30-24)17-9-11-27-12-10-17/h1-15,23,25,28H/t23-,25+/m1/s1. The molecule has 0 fully saturated rings. The van der Waals surface area contributed by atoms with Crippen LogP contribution in [0.15, 0.2) is 95.7 Å². The number of halogens is 1. The maximum absolute atomic E-state index is 6.42. The molecule has 0 bridgehead atoms. The van der Waals surface area contributed by atoms with Gasteiger partial charge in [-0.05, 0) is 58.8 Å². The van der Waals surface area contributed by atoms with E-state index in [1.165, 1.54) is 10.8 Å². The maximum atomic E-state index is 6.42. The normalized spacial score (nSPS) is 20.1. The van der Waals surface area contributed by atoms with Gasteiger partial charge in [0.15, 0.2) is 6.23 Å². The maximum Gasteiger partial charge on any atom is 0.196 e. The van der Waals surface area contributed by atoms with Gasteiger partial charge in [0.05, 0.1) is 11.7 Å². The minimum atomic E-state index is -0.249. The smallest absolute Gasteiger partial charge is 0.196 e. The summed E-state index contributed by atoms with van der Waals surface area (Å²) in [4.78, 5) is 4.16. The Bertz CT molecular complexity index is 1290. The summed E-state index contributed by atoms with van der Waals surface area (Å²) >= 11 is 3.61. The first-order valence-corrected chi connectivity index (χ1v) is 10.7. The van der Waals surface area contributed by atoms with E-state index in [1.54, 1.807) is 12.4 Å². The van der Waals surface area contributed by atoms with Gasteiger partial charge in [0, 0.05) is 28.0 Å². The van der Waals surface area contributed by atoms with Crippen molar-refractivity contribution in [3.05, 3.63) is 112 Å². The van der Waals surface area contributed by atoms with E-state index in [0.717, 1.165) is 32.6 Å². The third-order valence-electron chi connectivity index (χ3n) is 5.71. The molecule has 3 aromatic carbocycles. The zero-order chi connectivity index (χ0) is 20.1. The van der Waals surface area contributed by atoms with Gasteiger partial charge in [-0.1, -0.05) is 52.3 Å². The fraction of sp³-hybridized carbons (Fsp3) is 0.0800. The van der Waals surface area contributed by atoms with Crippen LogP contribution in [0.25, 0.3) is 16.5 Å². The van der Waals surface area contributed by atoms with Crippen LogP contribution in [-0.2, 0) is 0 Å². The highest BCUT2D eigenvalue weighted by Gasteiger charge is 2.40. The van der Waals surface area contributed by atoms with E-state index in [1.807, 2.05) is 24.3 Å². The zero-order valence-electron chi connectivity index (χ0n) is 16.0. The van der Waals surface area contributed by atoms with Crippen molar-refractivity contribution < 1.29 is 4.74 Å². The van der Waals surface area contributed by atoms with Crippen LogP contribution in [-0.4, -0.2) is 9.99 Å². The van der Waals surface area contributed by atoms with E-state index in [2.05, 4.69) is 86.0 Å². The fourth-order valence-electron chi connectivity index (χ4n) is 4.24. The second-order valence-electron chi connectivity index (χ2n) is 7.54. The molecule has 146 valence electrons. The Hall–Kier alpha value is -3.15. The summed E-state index contributed by atoms with van der Waals surface area (Å²) in [5.41, 5.74) is 8.06. The molecule has 6 rings (SSSR count). The average Bonchev–Trinajstić information content (AvgIpc) is 3.25. The Morgan fingerprint density at radius 3 is 2.60 bits per heavy atom. The summed E-state index contributed by atoms with van der Waals surface area (Å²) < 4.78 is 7.46. The highest BCUT2D eigenvalue weighted by atomic mass is 79.9. The van der Waals surface area contributed by atoms with Crippen LogP contribution in [0.1, 0.15) is 29.0 Å². The molecule has 0 saturated heterocycles. The summed E-state index contributed by atoms with van der Waals surface area (Å²) in [6, 6.07) is 25.3. The lowest BCUT2D eigenvalue weighted by molar-refractivity contribution is -0.0327. The predicted molar refractivity (Wildman–Crippen MR) is 121 cm³/mol. The van der Waals surface area contributed by atoms with Crippen molar-refractivity contribution in [2.75, 3.05) is 0 Å². The van der Waals surface area contributed by atoms with Gasteiger partial charge < -0.3 is 10.2 Å². The van der Waals surface area contributed by atoms with E-state index < -0.39 is 0 Å². The quantitative estimate of drug-likeness (QED) is 0.402. The van der Waals surface area contributed by atoms with E-state index in [4.69, 9.17) is 4.74 Å². The second-order valence-corrected chi connectivity index (χ2v) is 8.45. The number of aromatic nitrogens is 1. The van der Waals surface area contributed by atoms with Crippen LogP contribution in [0.4, 0.5) is 0 Å². The van der Waals surface area contributed by atoms with Crippen LogP contribution in [0, 0.1) is 0 Å². The summed E-state index contributed by atoms with van der Waals surface area (Å²) in [6.45, 7) is 0. The Morgan fingerprint density at radius 1 is 0.900 bits per heavy atom. The SMILES string of the molecule is Brc1ccc2c(c1)[C@H]1C=C(c3ccc4ccccc4c3)NN1[C@H](c1ccncc1)O2. The number of nitrogens with zero attached hydrogens (tertiary/aromatic N) is 2. The lowest BCUT2D eigenvalue weighted by Gasteiger charge is -2.39. The Balaban J connectivity index is 1.46. The van der Waals surface area contributed by atoms with Crippen molar-refractivity contribution in [3.63, 3.8) is 0 Å². The highest BCUT2D eigenvalue weighted by Crippen LogP contribution is 2.46. The van der Waals surface area contributed by atoms with Gasteiger partial charge in [0.2, 0.25) is 0 Å². The van der Waals surface area contributed by atoms with Crippen molar-refractivity contribution in [1.82, 2.24) is 15.4 Å². The van der Waals surface area contributed by atoms with Crippen molar-refractivity contribution in [1.29, 1.82) is 0 Å². The third kappa shape index (κ3) is 2.90. The number of hydrogen-bond donors (Lipinski definition) is 1. The van der Waals surface area contributed by atoms with Gasteiger partial charge in [0.25, 0.3) is 0 Å². The molecular formula is C25H18BrN3O. The van der Waals surface area contributed by atoms with E-state index >= 15 is 0 Å². The number of rotatable bonds is 2. The Kier molecular flexibility index (Phi) is 4.11. The van der Waals surface area contributed by atoms with Crippen molar-refractivity contribution in [2.24, 2.45) is 0 Å². The minimum absolute atomic E-state index is 0.0610. The lowest BCUT2D eigenvalue weighted by atomic mass is 10.00. The Labute approximate surface area is 182 Å². The molecule has 0 spiro atoms. The largest absolute Gasteiger partial charge is 0.469 e. The number of hydrogen-bond acceptors (Lipinski definition) is 4. The monoisotopic (exact) mass is 455 g/mol. The van der Waals surface area contributed by atoms with Crippen molar-refractivity contribution >= 4 is 32.4 Å². The van der Waals surface area contributed by atoms with Crippen molar-refractivity contribution in [2.45, 2.75) is 12.3 Å². The topological polar surface area (TPSA) is 37.4 Å². The highest BCUT2D eigenvalue weighted by molar-refractivity contribution is 9.10. The number of ether oxygens (including phenoxy) is 1. The molecule has 2 aliphatic heterocycles. The molecular weight excluding hydrogens is 438 g/mol. The first-order valence-electron chi connectivity index (χ1n) is 9.88. The van der Waals surface area contributed by atoms with Crippen molar-refractivity contribution in [3.8, 4) is 5.75 Å². The van der Waals surface area contributed by atoms with Crippen LogP contribution in [0.2, 0.25) is 0 Å². The molecule has 1 N–H and O–H groups in total. The number of benzene rings is 3. The van der Waals surface area contributed by atoms with E-state index in [-0.39, 0.29) is 12.3 Å². The van der Waals surface area contributed by atoms with Crippen LogP contribution >= 0.6 is 15.9 Å². The minimum Gasteiger partial charge on any atom is -0.469 e. The molecule has 1 aromatic heterocycles. The summed E-state index contributed by atoms with van der Waals surface area (Å²) in [5, 5.41) is 4.65. The van der Waals surface area contributed by atoms with Gasteiger partial charge in [-0.2, -0.15) is 5.01 Å². The fourth-order valence-corrected chi connectivity index (χ4v) is 4.62. The first kappa shape index (κ1) is 17.7. The number of nitrogens with one attached hydrogen (secondary N) is 1. The summed E-state index contributed by atoms with van der Waals surface area (Å²) in [6.07, 6.45) is 5.64. The Morgan fingerprint density at radius 2 is 1.73 bits per heavy atom. The van der Waals surface area contributed by atoms with Gasteiger partial charge in [-0.15, -0.1) is 0 Å². The van der Waals surface area contributed by atoms with Gasteiger partial charge in [-0.25, -0.2) is 0 Å². The van der Waals surface area contributed by atoms with E-state index in [0.29, 0.717) is 0 Å². The van der Waals surface area contributed by atoms with Gasteiger partial charge >= 0.3 is 0 Å². The van der Waals surface area contributed by atoms with Crippen LogP contribution in [0.5, 0.6) is 5.75 Å².